The number of methoxy groups -OCH3 is 1. The van der Waals surface area contributed by atoms with Gasteiger partial charge in [0.2, 0.25) is 5.91 Å². The molecule has 0 saturated carbocycles. The first kappa shape index (κ1) is 14.7. The molecule has 0 heterocycles. The molecule has 1 rings (SSSR count). The monoisotopic (exact) mass is 265 g/mol. The fraction of sp³-hybridized carbons (Fsp3) is 0.308. The van der Waals surface area contributed by atoms with Crippen LogP contribution in [0.3, 0.4) is 0 Å². The molecule has 102 valence electrons. The highest BCUT2D eigenvalue weighted by atomic mass is 16.6. The Morgan fingerprint density at radius 2 is 1.79 bits per heavy atom. The van der Waals surface area contributed by atoms with Crippen molar-refractivity contribution in [1.82, 2.24) is 0 Å². The highest BCUT2D eigenvalue weighted by Crippen LogP contribution is 2.10. The molecule has 6 nitrogen and oxygen atoms in total. The normalized spacial score (nSPS) is 11.4. The largest absolute Gasteiger partial charge is 0.469 e. The van der Waals surface area contributed by atoms with Crippen LogP contribution < -0.4 is 5.73 Å². The summed E-state index contributed by atoms with van der Waals surface area (Å²) in [5.74, 6) is -1.85. The Bertz CT molecular complexity index is 457. The minimum Gasteiger partial charge on any atom is -0.469 e. The van der Waals surface area contributed by atoms with Gasteiger partial charge in [-0.05, 0) is 12.1 Å². The third kappa shape index (κ3) is 5.20. The Balaban J connectivity index is 2.68. The molecule has 0 bridgehead atoms. The number of benzene rings is 1. The Morgan fingerprint density at radius 1 is 1.16 bits per heavy atom. The van der Waals surface area contributed by atoms with Gasteiger partial charge in [-0.1, -0.05) is 18.2 Å². The van der Waals surface area contributed by atoms with Crippen LogP contribution in [0.1, 0.15) is 23.2 Å². The Hall–Kier alpha value is -2.37. The summed E-state index contributed by atoms with van der Waals surface area (Å²) in [5, 5.41) is 0. The Morgan fingerprint density at radius 3 is 2.32 bits per heavy atom. The van der Waals surface area contributed by atoms with Gasteiger partial charge in [-0.3, -0.25) is 9.59 Å². The highest BCUT2D eigenvalue weighted by molar-refractivity contribution is 5.90. The Labute approximate surface area is 110 Å². The van der Waals surface area contributed by atoms with Gasteiger partial charge in [-0.15, -0.1) is 0 Å². The zero-order valence-electron chi connectivity index (χ0n) is 10.5. The summed E-state index contributed by atoms with van der Waals surface area (Å²) in [5.41, 5.74) is 5.38. The standard InChI is InChI=1S/C13H15NO5/c1-18-12(16)8-10(7-11(14)15)19-13(17)9-5-3-2-4-6-9/h2-6,10H,7-8H2,1H3,(H2,14,15)/t10-/m1/s1. The fourth-order valence-electron chi connectivity index (χ4n) is 1.44. The second-order valence-electron chi connectivity index (χ2n) is 3.84. The van der Waals surface area contributed by atoms with Crippen LogP contribution in [0.2, 0.25) is 0 Å². The third-order valence-electron chi connectivity index (χ3n) is 2.33. The average Bonchev–Trinajstić information content (AvgIpc) is 2.38. The van der Waals surface area contributed by atoms with Gasteiger partial charge in [0.05, 0.1) is 25.5 Å². The van der Waals surface area contributed by atoms with Crippen molar-refractivity contribution >= 4 is 17.8 Å². The minimum absolute atomic E-state index is 0.210. The lowest BCUT2D eigenvalue weighted by Gasteiger charge is -2.15. The van der Waals surface area contributed by atoms with Crippen molar-refractivity contribution in [2.75, 3.05) is 7.11 Å². The van der Waals surface area contributed by atoms with E-state index in [1.165, 1.54) is 7.11 Å². The highest BCUT2D eigenvalue weighted by Gasteiger charge is 2.21. The van der Waals surface area contributed by atoms with Gasteiger partial charge >= 0.3 is 11.9 Å². The van der Waals surface area contributed by atoms with Gasteiger partial charge in [0.1, 0.15) is 6.10 Å². The number of esters is 2. The minimum atomic E-state index is -0.919. The lowest BCUT2D eigenvalue weighted by Crippen LogP contribution is -2.28. The number of rotatable bonds is 6. The molecule has 0 aliphatic heterocycles. The average molecular weight is 265 g/mol. The van der Waals surface area contributed by atoms with Crippen LogP contribution in [0.25, 0.3) is 0 Å². The number of primary amides is 1. The van der Waals surface area contributed by atoms with E-state index in [0.717, 1.165) is 0 Å². The Kier molecular flexibility index (Phi) is 5.53. The molecule has 1 atom stereocenters. The molecule has 0 saturated heterocycles. The molecule has 0 radical (unpaired) electrons. The molecule has 1 aromatic carbocycles. The SMILES string of the molecule is COC(=O)C[C@@H](CC(N)=O)OC(=O)c1ccccc1. The number of carbonyl (C=O) groups excluding carboxylic acids is 3. The number of ether oxygens (including phenoxy) is 2. The first-order valence-electron chi connectivity index (χ1n) is 5.64. The summed E-state index contributed by atoms with van der Waals surface area (Å²) in [6.07, 6.45) is -1.36. The molecule has 0 aliphatic carbocycles. The van der Waals surface area contributed by atoms with Gasteiger partial charge in [-0.25, -0.2) is 4.79 Å². The summed E-state index contributed by atoms with van der Waals surface area (Å²) < 4.78 is 9.55. The van der Waals surface area contributed by atoms with Gasteiger partial charge in [0, 0.05) is 0 Å². The van der Waals surface area contributed by atoms with Crippen LogP contribution >= 0.6 is 0 Å². The number of hydrogen-bond donors (Lipinski definition) is 1. The lowest BCUT2D eigenvalue weighted by atomic mass is 10.1. The van der Waals surface area contributed by atoms with Gasteiger partial charge < -0.3 is 15.2 Å². The van der Waals surface area contributed by atoms with E-state index in [0.29, 0.717) is 5.56 Å². The van der Waals surface area contributed by atoms with Crippen LogP contribution in [0.4, 0.5) is 0 Å². The van der Waals surface area contributed by atoms with Crippen LogP contribution in [0.15, 0.2) is 30.3 Å². The van der Waals surface area contributed by atoms with Crippen LogP contribution in [-0.2, 0) is 19.1 Å². The summed E-state index contributed by atoms with van der Waals surface area (Å²) in [4.78, 5) is 33.8. The molecule has 2 N–H and O–H groups in total. The summed E-state index contributed by atoms with van der Waals surface area (Å²) in [6, 6.07) is 8.26. The van der Waals surface area contributed by atoms with Crippen LogP contribution in [0, 0.1) is 0 Å². The van der Waals surface area contributed by atoms with Gasteiger partial charge in [0.25, 0.3) is 0 Å². The summed E-state index contributed by atoms with van der Waals surface area (Å²) in [7, 11) is 1.21. The molecule has 1 aromatic rings. The molecule has 0 aliphatic rings. The van der Waals surface area contributed by atoms with Crippen molar-refractivity contribution in [3.05, 3.63) is 35.9 Å². The molecule has 6 heteroatoms. The second-order valence-corrected chi connectivity index (χ2v) is 3.84. The number of nitrogens with two attached hydrogens (primary N) is 1. The molecule has 0 aromatic heterocycles. The molecule has 19 heavy (non-hydrogen) atoms. The molecular formula is C13H15NO5. The van der Waals surface area contributed by atoms with Crippen LogP contribution in [0.5, 0.6) is 0 Å². The van der Waals surface area contributed by atoms with E-state index in [9.17, 15) is 14.4 Å². The van der Waals surface area contributed by atoms with E-state index >= 15 is 0 Å². The van der Waals surface area contributed by atoms with Crippen molar-refractivity contribution in [1.29, 1.82) is 0 Å². The molecular weight excluding hydrogens is 250 g/mol. The van der Waals surface area contributed by atoms with Crippen molar-refractivity contribution < 1.29 is 23.9 Å². The maximum Gasteiger partial charge on any atom is 0.338 e. The molecule has 0 fully saturated rings. The van der Waals surface area contributed by atoms with E-state index < -0.39 is 23.9 Å². The van der Waals surface area contributed by atoms with E-state index in [-0.39, 0.29) is 12.8 Å². The van der Waals surface area contributed by atoms with Gasteiger partial charge in [0.15, 0.2) is 0 Å². The van der Waals surface area contributed by atoms with E-state index in [1.807, 2.05) is 0 Å². The molecule has 0 spiro atoms. The number of amides is 1. The van der Waals surface area contributed by atoms with Crippen molar-refractivity contribution in [3.8, 4) is 0 Å². The zero-order valence-corrected chi connectivity index (χ0v) is 10.5. The topological polar surface area (TPSA) is 95.7 Å². The third-order valence-corrected chi connectivity index (χ3v) is 2.33. The zero-order chi connectivity index (χ0) is 14.3. The summed E-state index contributed by atoms with van der Waals surface area (Å²) in [6.45, 7) is 0. The number of carbonyl (C=O) groups is 3. The van der Waals surface area contributed by atoms with E-state index in [2.05, 4.69) is 4.74 Å². The smallest absolute Gasteiger partial charge is 0.338 e. The number of hydrogen-bond acceptors (Lipinski definition) is 5. The maximum absolute atomic E-state index is 11.8. The molecule has 1 amide bonds. The fourth-order valence-corrected chi connectivity index (χ4v) is 1.44. The predicted molar refractivity (Wildman–Crippen MR) is 66.1 cm³/mol. The van der Waals surface area contributed by atoms with Gasteiger partial charge in [-0.2, -0.15) is 0 Å². The first-order valence-corrected chi connectivity index (χ1v) is 5.64. The van der Waals surface area contributed by atoms with E-state index in [1.54, 1.807) is 30.3 Å². The predicted octanol–water partition coefficient (Wildman–Crippen LogP) is 0.650. The van der Waals surface area contributed by atoms with Crippen LogP contribution in [-0.4, -0.2) is 31.1 Å². The summed E-state index contributed by atoms with van der Waals surface area (Å²) >= 11 is 0. The quantitative estimate of drug-likeness (QED) is 0.762. The lowest BCUT2D eigenvalue weighted by molar-refractivity contribution is -0.143. The van der Waals surface area contributed by atoms with Crippen molar-refractivity contribution in [2.45, 2.75) is 18.9 Å². The van der Waals surface area contributed by atoms with Crippen molar-refractivity contribution in [3.63, 3.8) is 0 Å². The maximum atomic E-state index is 11.8. The van der Waals surface area contributed by atoms with E-state index in [4.69, 9.17) is 10.5 Å². The van der Waals surface area contributed by atoms with Crippen molar-refractivity contribution in [2.24, 2.45) is 5.73 Å². The first-order chi connectivity index (χ1) is 9.02. The second kappa shape index (κ2) is 7.15. The molecule has 0 unspecified atom stereocenters.